The van der Waals surface area contributed by atoms with Gasteiger partial charge in [0.05, 0.1) is 0 Å². The average molecular weight is 377 g/mol. The summed E-state index contributed by atoms with van der Waals surface area (Å²) in [6, 6.07) is 0. The first kappa shape index (κ1) is 24.6. The van der Waals surface area contributed by atoms with Gasteiger partial charge in [-0.05, 0) is 39.2 Å². The molecule has 0 bridgehead atoms. The fraction of sp³-hybridized carbons (Fsp3) is 1.00. The summed E-state index contributed by atoms with van der Waals surface area (Å²) < 4.78 is 0.756. The molecule has 0 aliphatic rings. The van der Waals surface area contributed by atoms with Crippen LogP contribution in [-0.4, -0.2) is 46.2 Å². The largest absolute Gasteiger partial charge is 0.316 e. The fourth-order valence-electron chi connectivity index (χ4n) is 2.32. The van der Waals surface area contributed by atoms with E-state index in [4.69, 9.17) is 0 Å². The second-order valence-electron chi connectivity index (χ2n) is 9.58. The Morgan fingerprint density at radius 2 is 1.29 bits per heavy atom. The summed E-state index contributed by atoms with van der Waals surface area (Å²) in [7, 11) is 0. The lowest BCUT2D eigenvalue weighted by Crippen LogP contribution is -2.41. The van der Waals surface area contributed by atoms with Crippen LogP contribution in [0.1, 0.15) is 75.2 Å². The third kappa shape index (κ3) is 17.4. The molecule has 0 heterocycles. The minimum Gasteiger partial charge on any atom is -0.316 e. The van der Waals surface area contributed by atoms with Crippen LogP contribution in [0.2, 0.25) is 0 Å². The van der Waals surface area contributed by atoms with E-state index in [1.807, 2.05) is 23.5 Å². The highest BCUT2D eigenvalue weighted by molar-refractivity contribution is 8.00. The predicted octanol–water partition coefficient (Wildman–Crippen LogP) is 5.42. The molecule has 0 saturated heterocycles. The van der Waals surface area contributed by atoms with Gasteiger partial charge in [-0.1, -0.05) is 48.5 Å². The van der Waals surface area contributed by atoms with Gasteiger partial charge in [0.1, 0.15) is 0 Å². The van der Waals surface area contributed by atoms with Crippen LogP contribution in [0.5, 0.6) is 0 Å². The maximum atomic E-state index is 3.74. The summed E-state index contributed by atoms with van der Waals surface area (Å²) in [6.45, 7) is 24.1. The third-order valence-electron chi connectivity index (χ3n) is 3.81. The molecule has 0 amide bonds. The van der Waals surface area contributed by atoms with Crippen LogP contribution in [0.3, 0.4) is 0 Å². The molecule has 0 aromatic carbocycles. The SMILES string of the molecule is CC(CCC(C)(C)NCCSC(C)(C)C)CNCCSC(C)(C)C. The second-order valence-corrected chi connectivity index (χ2v) is 13.4. The Morgan fingerprint density at radius 3 is 1.79 bits per heavy atom. The van der Waals surface area contributed by atoms with Crippen LogP contribution in [0.4, 0.5) is 0 Å². The van der Waals surface area contributed by atoms with Gasteiger partial charge in [0, 0.05) is 39.6 Å². The first-order chi connectivity index (χ1) is 10.8. The van der Waals surface area contributed by atoms with Gasteiger partial charge in [-0.15, -0.1) is 0 Å². The molecule has 0 saturated carbocycles. The molecular weight excluding hydrogens is 332 g/mol. The van der Waals surface area contributed by atoms with Gasteiger partial charge in [-0.25, -0.2) is 0 Å². The van der Waals surface area contributed by atoms with E-state index in [1.54, 1.807) is 0 Å². The van der Waals surface area contributed by atoms with E-state index in [0.717, 1.165) is 25.6 Å². The van der Waals surface area contributed by atoms with Gasteiger partial charge in [-0.2, -0.15) is 23.5 Å². The van der Waals surface area contributed by atoms with Crippen LogP contribution in [0.25, 0.3) is 0 Å². The predicted molar refractivity (Wildman–Crippen MR) is 118 cm³/mol. The normalized spacial score (nSPS) is 14.9. The lowest BCUT2D eigenvalue weighted by Gasteiger charge is -2.29. The van der Waals surface area contributed by atoms with Crippen molar-refractivity contribution in [2.75, 3.05) is 31.1 Å². The first-order valence-electron chi connectivity index (χ1n) is 9.54. The molecule has 0 fully saturated rings. The molecule has 0 aliphatic heterocycles. The number of hydrogen-bond acceptors (Lipinski definition) is 4. The van der Waals surface area contributed by atoms with E-state index in [0.29, 0.717) is 9.49 Å². The summed E-state index contributed by atoms with van der Waals surface area (Å²) in [6.07, 6.45) is 2.53. The molecule has 0 aliphatic carbocycles. The van der Waals surface area contributed by atoms with E-state index in [-0.39, 0.29) is 5.54 Å². The number of rotatable bonds is 12. The van der Waals surface area contributed by atoms with Crippen molar-refractivity contribution < 1.29 is 0 Å². The molecule has 2 N–H and O–H groups in total. The highest BCUT2D eigenvalue weighted by atomic mass is 32.2. The highest BCUT2D eigenvalue weighted by Gasteiger charge is 2.18. The summed E-state index contributed by atoms with van der Waals surface area (Å²) in [5, 5.41) is 7.35. The van der Waals surface area contributed by atoms with Gasteiger partial charge < -0.3 is 10.6 Å². The number of thioether (sulfide) groups is 2. The van der Waals surface area contributed by atoms with Crippen LogP contribution in [0, 0.1) is 5.92 Å². The van der Waals surface area contributed by atoms with Gasteiger partial charge >= 0.3 is 0 Å². The van der Waals surface area contributed by atoms with Crippen molar-refractivity contribution in [2.24, 2.45) is 5.92 Å². The lowest BCUT2D eigenvalue weighted by atomic mass is 9.93. The molecule has 0 spiro atoms. The maximum absolute atomic E-state index is 3.74. The minimum atomic E-state index is 0.245. The molecule has 2 nitrogen and oxygen atoms in total. The Labute approximate surface area is 161 Å². The Kier molecular flexibility index (Phi) is 11.7. The van der Waals surface area contributed by atoms with Crippen LogP contribution in [-0.2, 0) is 0 Å². The standard InChI is InChI=1S/C20H44N2S2/c1-17(16-21-12-14-23-18(2,3)4)10-11-20(8,9)22-13-15-24-19(5,6)7/h17,21-22H,10-16H2,1-9H3. The third-order valence-corrected chi connectivity index (χ3v) is 6.36. The summed E-state index contributed by atoms with van der Waals surface area (Å²) in [5.41, 5.74) is 0.245. The van der Waals surface area contributed by atoms with Crippen molar-refractivity contribution in [1.82, 2.24) is 10.6 Å². The van der Waals surface area contributed by atoms with Crippen LogP contribution >= 0.6 is 23.5 Å². The summed E-state index contributed by atoms with van der Waals surface area (Å²) >= 11 is 4.08. The fourth-order valence-corrected chi connectivity index (χ4v) is 4.00. The molecule has 1 unspecified atom stereocenters. The van der Waals surface area contributed by atoms with Gasteiger partial charge in [0.2, 0.25) is 0 Å². The maximum Gasteiger partial charge on any atom is 0.0125 e. The molecule has 146 valence electrons. The van der Waals surface area contributed by atoms with Crippen molar-refractivity contribution in [3.8, 4) is 0 Å². The molecule has 0 aromatic rings. The van der Waals surface area contributed by atoms with E-state index < -0.39 is 0 Å². The van der Waals surface area contributed by atoms with E-state index in [1.165, 1.54) is 24.3 Å². The van der Waals surface area contributed by atoms with Crippen molar-refractivity contribution in [3.05, 3.63) is 0 Å². The second kappa shape index (κ2) is 11.4. The minimum absolute atomic E-state index is 0.245. The molecule has 0 radical (unpaired) electrons. The topological polar surface area (TPSA) is 24.1 Å². The quantitative estimate of drug-likeness (QED) is 0.444. The van der Waals surface area contributed by atoms with Gasteiger partial charge in [0.25, 0.3) is 0 Å². The molecule has 0 rings (SSSR count). The smallest absolute Gasteiger partial charge is 0.0125 e. The zero-order chi connectivity index (χ0) is 18.9. The Hall–Kier alpha value is 0.620. The van der Waals surface area contributed by atoms with Crippen molar-refractivity contribution >= 4 is 23.5 Å². The molecule has 24 heavy (non-hydrogen) atoms. The van der Waals surface area contributed by atoms with E-state index in [2.05, 4.69) is 72.9 Å². The Balaban J connectivity index is 3.73. The zero-order valence-electron chi connectivity index (χ0n) is 17.8. The van der Waals surface area contributed by atoms with Crippen LogP contribution < -0.4 is 10.6 Å². The first-order valence-corrected chi connectivity index (χ1v) is 11.5. The Bertz CT molecular complexity index is 317. The van der Waals surface area contributed by atoms with Gasteiger partial charge in [0.15, 0.2) is 0 Å². The van der Waals surface area contributed by atoms with E-state index in [9.17, 15) is 0 Å². The lowest BCUT2D eigenvalue weighted by molar-refractivity contribution is 0.330. The van der Waals surface area contributed by atoms with Crippen molar-refractivity contribution in [3.63, 3.8) is 0 Å². The Morgan fingerprint density at radius 1 is 0.792 bits per heavy atom. The molecule has 1 atom stereocenters. The molecular formula is C20H44N2S2. The van der Waals surface area contributed by atoms with Gasteiger partial charge in [-0.3, -0.25) is 0 Å². The van der Waals surface area contributed by atoms with Crippen molar-refractivity contribution in [2.45, 2.75) is 90.2 Å². The monoisotopic (exact) mass is 376 g/mol. The summed E-state index contributed by atoms with van der Waals surface area (Å²) in [5.74, 6) is 3.14. The zero-order valence-corrected chi connectivity index (χ0v) is 19.5. The van der Waals surface area contributed by atoms with E-state index >= 15 is 0 Å². The number of hydrogen-bond donors (Lipinski definition) is 2. The summed E-state index contributed by atoms with van der Waals surface area (Å²) in [4.78, 5) is 0. The molecule has 0 aromatic heterocycles. The van der Waals surface area contributed by atoms with Crippen LogP contribution in [0.15, 0.2) is 0 Å². The number of nitrogens with one attached hydrogen (secondary N) is 2. The average Bonchev–Trinajstić information content (AvgIpc) is 2.39. The molecule has 4 heteroatoms. The van der Waals surface area contributed by atoms with Crippen molar-refractivity contribution in [1.29, 1.82) is 0 Å². The highest BCUT2D eigenvalue weighted by Crippen LogP contribution is 2.23.